The molecule has 3 aromatic rings. The number of carbonyl (C=O) groups is 1. The fourth-order valence-corrected chi connectivity index (χ4v) is 6.08. The highest BCUT2D eigenvalue weighted by Crippen LogP contribution is 2.41. The van der Waals surface area contributed by atoms with E-state index in [1.807, 2.05) is 0 Å². The normalized spacial score (nSPS) is 14.1. The molecule has 1 aliphatic heterocycles. The summed E-state index contributed by atoms with van der Waals surface area (Å²) in [6.07, 6.45) is 1.72. The van der Waals surface area contributed by atoms with E-state index in [-0.39, 0.29) is 16.6 Å². The molecule has 0 atom stereocenters. The second kappa shape index (κ2) is 10.5. The molecule has 0 saturated heterocycles. The first-order valence-electron chi connectivity index (χ1n) is 10.8. The highest BCUT2D eigenvalue weighted by molar-refractivity contribution is 8.04. The Labute approximate surface area is 214 Å². The lowest BCUT2D eigenvalue weighted by Gasteiger charge is -2.20. The van der Waals surface area contributed by atoms with Crippen molar-refractivity contribution in [1.82, 2.24) is 0 Å². The second-order valence-corrected chi connectivity index (χ2v) is 10.8. The lowest BCUT2D eigenvalue weighted by Crippen LogP contribution is -2.18. The maximum Gasteiger partial charge on any atom is 0.262 e. The van der Waals surface area contributed by atoms with Crippen molar-refractivity contribution in [2.45, 2.75) is 15.5 Å². The summed E-state index contributed by atoms with van der Waals surface area (Å²) in [7, 11) is 2.29. The van der Waals surface area contributed by atoms with Gasteiger partial charge in [-0.2, -0.15) is 0 Å². The number of sulfone groups is 1. The van der Waals surface area contributed by atoms with Crippen LogP contribution in [0.15, 0.2) is 69.3 Å². The zero-order valence-electron chi connectivity index (χ0n) is 20.2. The first kappa shape index (κ1) is 25.5. The van der Waals surface area contributed by atoms with E-state index in [2.05, 4.69) is 5.32 Å². The summed E-state index contributed by atoms with van der Waals surface area (Å²) < 4.78 is 47.9. The predicted molar refractivity (Wildman–Crippen MR) is 139 cm³/mol. The Hall–Kier alpha value is -3.63. The van der Waals surface area contributed by atoms with Gasteiger partial charge in [-0.05, 0) is 48.5 Å². The minimum absolute atomic E-state index is 0.0827. The van der Waals surface area contributed by atoms with Gasteiger partial charge >= 0.3 is 0 Å². The van der Waals surface area contributed by atoms with E-state index in [0.717, 1.165) is 4.90 Å². The standard InChI is InChI=1S/C26H25NO7S2/c1-31-17-9-8-16(23(13-17)34-4)12-25-26(28)27-20-14-18(10-11-24(20)35-25)36(29,30)15-19-21(32-2)6-5-7-22(19)33-3/h5-14H,15H2,1-4H3,(H,27,28)/b25-12-. The molecule has 8 nitrogen and oxygen atoms in total. The highest BCUT2D eigenvalue weighted by atomic mass is 32.2. The molecule has 0 aromatic heterocycles. The van der Waals surface area contributed by atoms with E-state index in [1.54, 1.807) is 62.8 Å². The van der Waals surface area contributed by atoms with Gasteiger partial charge in [-0.1, -0.05) is 17.8 Å². The molecule has 188 valence electrons. The Morgan fingerprint density at radius 2 is 1.56 bits per heavy atom. The lowest BCUT2D eigenvalue weighted by molar-refractivity contribution is -0.112. The minimum atomic E-state index is -3.77. The predicted octanol–water partition coefficient (Wildman–Crippen LogP) is 4.78. The third-order valence-electron chi connectivity index (χ3n) is 5.59. The fourth-order valence-electron chi connectivity index (χ4n) is 3.76. The molecular weight excluding hydrogens is 502 g/mol. The zero-order chi connectivity index (χ0) is 25.9. The Morgan fingerprint density at radius 3 is 2.19 bits per heavy atom. The molecule has 1 N–H and O–H groups in total. The summed E-state index contributed by atoms with van der Waals surface area (Å²) >= 11 is 1.25. The average molecular weight is 528 g/mol. The molecule has 0 radical (unpaired) electrons. The van der Waals surface area contributed by atoms with Gasteiger partial charge in [0.25, 0.3) is 5.91 Å². The van der Waals surface area contributed by atoms with Crippen LogP contribution in [-0.2, 0) is 20.4 Å². The number of rotatable bonds is 8. The van der Waals surface area contributed by atoms with Gasteiger partial charge in [0.1, 0.15) is 23.0 Å². The lowest BCUT2D eigenvalue weighted by atomic mass is 10.1. The molecule has 0 unspecified atom stereocenters. The number of ether oxygens (including phenoxy) is 4. The van der Waals surface area contributed by atoms with Crippen molar-refractivity contribution in [3.63, 3.8) is 0 Å². The summed E-state index contributed by atoms with van der Waals surface area (Å²) in [5, 5.41) is 2.80. The molecule has 10 heteroatoms. The van der Waals surface area contributed by atoms with Crippen LogP contribution in [0.5, 0.6) is 23.0 Å². The largest absolute Gasteiger partial charge is 0.497 e. The minimum Gasteiger partial charge on any atom is -0.497 e. The van der Waals surface area contributed by atoms with Crippen LogP contribution in [0.25, 0.3) is 6.08 Å². The van der Waals surface area contributed by atoms with E-state index in [1.165, 1.54) is 38.1 Å². The first-order valence-corrected chi connectivity index (χ1v) is 13.3. The number of benzene rings is 3. The molecule has 0 bridgehead atoms. The number of thioether (sulfide) groups is 1. The average Bonchev–Trinajstić information content (AvgIpc) is 2.88. The van der Waals surface area contributed by atoms with E-state index >= 15 is 0 Å². The summed E-state index contributed by atoms with van der Waals surface area (Å²) in [5.74, 6) is 1.38. The monoisotopic (exact) mass is 527 g/mol. The highest BCUT2D eigenvalue weighted by Gasteiger charge is 2.26. The molecule has 1 heterocycles. The third kappa shape index (κ3) is 5.14. The van der Waals surface area contributed by atoms with Gasteiger partial charge in [0.15, 0.2) is 9.84 Å². The van der Waals surface area contributed by atoms with Crippen molar-refractivity contribution in [2.75, 3.05) is 33.8 Å². The molecular formula is C26H25NO7S2. The van der Waals surface area contributed by atoms with Crippen LogP contribution in [-0.4, -0.2) is 42.8 Å². The Bertz CT molecular complexity index is 1430. The van der Waals surface area contributed by atoms with Crippen LogP contribution < -0.4 is 24.3 Å². The maximum absolute atomic E-state index is 13.3. The van der Waals surface area contributed by atoms with E-state index in [9.17, 15) is 13.2 Å². The van der Waals surface area contributed by atoms with Crippen LogP contribution in [0.4, 0.5) is 5.69 Å². The SMILES string of the molecule is COc1ccc(/C=C2\Sc3ccc(S(=O)(=O)Cc4c(OC)cccc4OC)cc3NC2=O)c(OC)c1. The number of hydrogen-bond donors (Lipinski definition) is 1. The molecule has 1 amide bonds. The molecule has 4 rings (SSSR count). The Morgan fingerprint density at radius 1 is 0.861 bits per heavy atom. The fraction of sp³-hybridized carbons (Fsp3) is 0.192. The van der Waals surface area contributed by atoms with Crippen LogP contribution in [0, 0.1) is 0 Å². The van der Waals surface area contributed by atoms with Crippen molar-refractivity contribution in [1.29, 1.82) is 0 Å². The molecule has 0 saturated carbocycles. The van der Waals surface area contributed by atoms with E-state index < -0.39 is 9.84 Å². The maximum atomic E-state index is 13.3. The Kier molecular flexibility index (Phi) is 7.46. The van der Waals surface area contributed by atoms with Gasteiger partial charge < -0.3 is 24.3 Å². The zero-order valence-corrected chi connectivity index (χ0v) is 21.8. The van der Waals surface area contributed by atoms with Gasteiger partial charge in [0.05, 0.1) is 55.2 Å². The van der Waals surface area contributed by atoms with Crippen molar-refractivity contribution in [2.24, 2.45) is 0 Å². The van der Waals surface area contributed by atoms with Crippen LogP contribution in [0.2, 0.25) is 0 Å². The van der Waals surface area contributed by atoms with Crippen LogP contribution in [0.1, 0.15) is 11.1 Å². The second-order valence-electron chi connectivity index (χ2n) is 7.73. The van der Waals surface area contributed by atoms with Crippen molar-refractivity contribution < 1.29 is 32.2 Å². The van der Waals surface area contributed by atoms with Gasteiger partial charge in [0, 0.05) is 16.5 Å². The number of nitrogens with one attached hydrogen (secondary N) is 1. The van der Waals surface area contributed by atoms with Crippen molar-refractivity contribution in [3.05, 3.63) is 70.6 Å². The van der Waals surface area contributed by atoms with Crippen molar-refractivity contribution in [3.8, 4) is 23.0 Å². The summed E-state index contributed by atoms with van der Waals surface area (Å²) in [6, 6.07) is 15.1. The number of hydrogen-bond acceptors (Lipinski definition) is 8. The number of methoxy groups -OCH3 is 4. The van der Waals surface area contributed by atoms with E-state index in [4.69, 9.17) is 18.9 Å². The molecule has 1 aliphatic rings. The van der Waals surface area contributed by atoms with Crippen LogP contribution >= 0.6 is 11.8 Å². The van der Waals surface area contributed by atoms with Gasteiger partial charge in [-0.3, -0.25) is 4.79 Å². The molecule has 3 aromatic carbocycles. The third-order valence-corrected chi connectivity index (χ3v) is 8.33. The molecule has 0 aliphatic carbocycles. The number of fused-ring (bicyclic) bond motifs is 1. The number of anilines is 1. The summed E-state index contributed by atoms with van der Waals surface area (Å²) in [6.45, 7) is 0. The van der Waals surface area contributed by atoms with Gasteiger partial charge in [-0.15, -0.1) is 0 Å². The van der Waals surface area contributed by atoms with Gasteiger partial charge in [0.2, 0.25) is 0 Å². The van der Waals surface area contributed by atoms with Crippen molar-refractivity contribution >= 4 is 39.3 Å². The number of amides is 1. The molecule has 36 heavy (non-hydrogen) atoms. The van der Waals surface area contributed by atoms with Gasteiger partial charge in [-0.25, -0.2) is 8.42 Å². The topological polar surface area (TPSA) is 100 Å². The molecule has 0 spiro atoms. The van der Waals surface area contributed by atoms with E-state index in [0.29, 0.717) is 44.7 Å². The molecule has 0 fully saturated rings. The van der Waals surface area contributed by atoms with Crippen LogP contribution in [0.3, 0.4) is 0 Å². The first-order chi connectivity index (χ1) is 17.3. The Balaban J connectivity index is 1.63. The summed E-state index contributed by atoms with van der Waals surface area (Å²) in [4.78, 5) is 14.1. The summed E-state index contributed by atoms with van der Waals surface area (Å²) in [5.41, 5.74) is 1.57. The number of carbonyl (C=O) groups excluding carboxylic acids is 1. The smallest absolute Gasteiger partial charge is 0.262 e. The quantitative estimate of drug-likeness (QED) is 0.418.